The van der Waals surface area contributed by atoms with Crippen molar-refractivity contribution < 1.29 is 14.7 Å². The molecule has 0 bridgehead atoms. The number of rotatable bonds is 4. The summed E-state index contributed by atoms with van der Waals surface area (Å²) in [6.45, 7) is 5.40. The fourth-order valence-electron chi connectivity index (χ4n) is 3.02. The molecule has 0 aliphatic carbocycles. The third-order valence-electron chi connectivity index (χ3n) is 4.62. The van der Waals surface area contributed by atoms with Crippen molar-refractivity contribution in [1.82, 2.24) is 10.2 Å². The summed E-state index contributed by atoms with van der Waals surface area (Å²) in [5, 5.41) is 13.0. The quantitative estimate of drug-likeness (QED) is 0.833. The first-order valence-electron chi connectivity index (χ1n) is 7.33. The van der Waals surface area contributed by atoms with E-state index in [9.17, 15) is 14.7 Å². The lowest BCUT2D eigenvalue weighted by Gasteiger charge is -2.28. The average Bonchev–Trinajstić information content (AvgIpc) is 3.05. The Bertz CT molecular complexity index is 383. The van der Waals surface area contributed by atoms with Crippen LogP contribution in [0.15, 0.2) is 0 Å². The summed E-state index contributed by atoms with van der Waals surface area (Å²) in [5.41, 5.74) is -0.778. The van der Waals surface area contributed by atoms with Crippen LogP contribution in [0, 0.1) is 11.3 Å². The number of carbonyl (C=O) groups excluding carboxylic acids is 1. The van der Waals surface area contributed by atoms with Crippen molar-refractivity contribution in [1.29, 1.82) is 0 Å². The standard InChI is InChI=1S/C14H24N2O3S/c1-10(2)14(12(17)18)5-6-16(9-14)13(19)15-8-11-4-3-7-20-11/h10-11H,3-9H2,1-2H3,(H,15,19)(H,17,18). The van der Waals surface area contributed by atoms with E-state index < -0.39 is 11.4 Å². The number of hydrogen-bond acceptors (Lipinski definition) is 3. The van der Waals surface area contributed by atoms with Crippen LogP contribution in [0.25, 0.3) is 0 Å². The number of urea groups is 1. The van der Waals surface area contributed by atoms with E-state index in [2.05, 4.69) is 5.32 Å². The molecular formula is C14H24N2O3S. The number of aliphatic carboxylic acids is 1. The van der Waals surface area contributed by atoms with Crippen molar-refractivity contribution >= 4 is 23.8 Å². The van der Waals surface area contributed by atoms with Gasteiger partial charge >= 0.3 is 12.0 Å². The van der Waals surface area contributed by atoms with Gasteiger partial charge in [-0.05, 0) is 30.9 Å². The molecule has 2 atom stereocenters. The molecule has 0 saturated carbocycles. The molecule has 2 aliphatic heterocycles. The van der Waals surface area contributed by atoms with Crippen molar-refractivity contribution in [3.8, 4) is 0 Å². The molecule has 2 N–H and O–H groups in total. The van der Waals surface area contributed by atoms with Gasteiger partial charge in [-0.1, -0.05) is 13.8 Å². The van der Waals surface area contributed by atoms with E-state index in [0.717, 1.165) is 6.42 Å². The van der Waals surface area contributed by atoms with E-state index in [1.54, 1.807) is 4.90 Å². The van der Waals surface area contributed by atoms with Gasteiger partial charge in [0.05, 0.1) is 5.41 Å². The van der Waals surface area contributed by atoms with Crippen LogP contribution < -0.4 is 5.32 Å². The van der Waals surface area contributed by atoms with E-state index in [1.165, 1.54) is 12.2 Å². The van der Waals surface area contributed by atoms with Gasteiger partial charge in [0.1, 0.15) is 0 Å². The van der Waals surface area contributed by atoms with Crippen molar-refractivity contribution in [2.24, 2.45) is 11.3 Å². The largest absolute Gasteiger partial charge is 0.481 e. The molecule has 0 spiro atoms. The second-order valence-corrected chi connectivity index (χ2v) is 7.52. The Labute approximate surface area is 124 Å². The van der Waals surface area contributed by atoms with E-state index in [-0.39, 0.29) is 11.9 Å². The molecule has 2 unspecified atom stereocenters. The van der Waals surface area contributed by atoms with Crippen LogP contribution in [-0.4, -0.2) is 52.6 Å². The highest BCUT2D eigenvalue weighted by atomic mass is 32.2. The zero-order valence-electron chi connectivity index (χ0n) is 12.2. The predicted octanol–water partition coefficient (Wildman–Crippen LogP) is 2.02. The maximum Gasteiger partial charge on any atom is 0.317 e. The molecule has 2 fully saturated rings. The summed E-state index contributed by atoms with van der Waals surface area (Å²) >= 11 is 1.91. The molecule has 114 valence electrons. The van der Waals surface area contributed by atoms with E-state index in [4.69, 9.17) is 0 Å². The normalized spacial score (nSPS) is 29.9. The summed E-state index contributed by atoms with van der Waals surface area (Å²) in [7, 11) is 0. The number of nitrogens with zero attached hydrogens (tertiary/aromatic N) is 1. The van der Waals surface area contributed by atoms with Crippen molar-refractivity contribution in [3.05, 3.63) is 0 Å². The fourth-order valence-corrected chi connectivity index (χ4v) is 4.22. The Kier molecular flexibility index (Phi) is 4.83. The molecule has 0 aromatic carbocycles. The van der Waals surface area contributed by atoms with Gasteiger partial charge in [-0.3, -0.25) is 4.79 Å². The molecule has 5 nitrogen and oxygen atoms in total. The average molecular weight is 300 g/mol. The molecule has 2 heterocycles. The van der Waals surface area contributed by atoms with Crippen LogP contribution >= 0.6 is 11.8 Å². The second kappa shape index (κ2) is 6.24. The highest BCUT2D eigenvalue weighted by Crippen LogP contribution is 2.38. The van der Waals surface area contributed by atoms with Crippen LogP contribution in [0.1, 0.15) is 33.1 Å². The highest BCUT2D eigenvalue weighted by molar-refractivity contribution is 8.00. The molecule has 2 amide bonds. The minimum absolute atomic E-state index is 0.0307. The second-order valence-electron chi connectivity index (χ2n) is 6.11. The Morgan fingerprint density at radius 2 is 2.25 bits per heavy atom. The summed E-state index contributed by atoms with van der Waals surface area (Å²) in [6.07, 6.45) is 2.94. The van der Waals surface area contributed by atoms with Gasteiger partial charge < -0.3 is 15.3 Å². The molecule has 20 heavy (non-hydrogen) atoms. The third kappa shape index (κ3) is 3.05. The molecule has 2 rings (SSSR count). The van der Waals surface area contributed by atoms with Crippen LogP contribution in [0.3, 0.4) is 0 Å². The monoisotopic (exact) mass is 300 g/mol. The van der Waals surface area contributed by atoms with Crippen LogP contribution in [-0.2, 0) is 4.79 Å². The number of hydrogen-bond donors (Lipinski definition) is 2. The fraction of sp³-hybridized carbons (Fsp3) is 0.857. The van der Waals surface area contributed by atoms with E-state index in [1.807, 2.05) is 25.6 Å². The molecule has 2 saturated heterocycles. The minimum atomic E-state index is -0.783. The van der Waals surface area contributed by atoms with Gasteiger partial charge in [0.15, 0.2) is 0 Å². The molecule has 2 aliphatic rings. The lowest BCUT2D eigenvalue weighted by atomic mass is 9.76. The highest BCUT2D eigenvalue weighted by Gasteiger charge is 2.48. The topological polar surface area (TPSA) is 69.6 Å². The van der Waals surface area contributed by atoms with Crippen molar-refractivity contribution in [2.75, 3.05) is 25.4 Å². The van der Waals surface area contributed by atoms with Gasteiger partial charge in [0.2, 0.25) is 0 Å². The molecule has 6 heteroatoms. The number of thioether (sulfide) groups is 1. The number of carbonyl (C=O) groups is 2. The molecule has 0 aromatic rings. The van der Waals surface area contributed by atoms with E-state index >= 15 is 0 Å². The van der Waals surface area contributed by atoms with Gasteiger partial charge in [0, 0.05) is 24.9 Å². The summed E-state index contributed by atoms with van der Waals surface area (Å²) in [4.78, 5) is 25.3. The van der Waals surface area contributed by atoms with Gasteiger partial charge in [0.25, 0.3) is 0 Å². The van der Waals surface area contributed by atoms with Gasteiger partial charge in [-0.25, -0.2) is 4.79 Å². The molecule has 0 radical (unpaired) electrons. The minimum Gasteiger partial charge on any atom is -0.481 e. The first-order valence-corrected chi connectivity index (χ1v) is 8.38. The number of amides is 2. The van der Waals surface area contributed by atoms with E-state index in [0.29, 0.717) is 31.3 Å². The summed E-state index contributed by atoms with van der Waals surface area (Å²) < 4.78 is 0. The third-order valence-corrected chi connectivity index (χ3v) is 6.02. The zero-order chi connectivity index (χ0) is 14.8. The smallest absolute Gasteiger partial charge is 0.317 e. The number of nitrogens with one attached hydrogen (secondary N) is 1. The van der Waals surface area contributed by atoms with Crippen molar-refractivity contribution in [3.63, 3.8) is 0 Å². The summed E-state index contributed by atoms with van der Waals surface area (Å²) in [5.74, 6) is 0.428. The SMILES string of the molecule is CC(C)C1(C(=O)O)CCN(C(=O)NCC2CCCS2)C1. The lowest BCUT2D eigenvalue weighted by Crippen LogP contribution is -2.44. The van der Waals surface area contributed by atoms with Crippen LogP contribution in [0.5, 0.6) is 0 Å². The number of carboxylic acids is 1. The Hall–Kier alpha value is -0.910. The first kappa shape index (κ1) is 15.5. The molecular weight excluding hydrogens is 276 g/mol. The summed E-state index contributed by atoms with van der Waals surface area (Å²) in [6, 6.07) is -0.110. The molecule has 0 aromatic heterocycles. The Balaban J connectivity index is 1.87. The van der Waals surface area contributed by atoms with Gasteiger partial charge in [-0.15, -0.1) is 0 Å². The van der Waals surface area contributed by atoms with Crippen molar-refractivity contribution in [2.45, 2.75) is 38.4 Å². The Morgan fingerprint density at radius 3 is 2.75 bits per heavy atom. The van der Waals surface area contributed by atoms with Crippen LogP contribution in [0.2, 0.25) is 0 Å². The van der Waals surface area contributed by atoms with Crippen LogP contribution in [0.4, 0.5) is 4.79 Å². The lowest BCUT2D eigenvalue weighted by molar-refractivity contribution is -0.150. The Morgan fingerprint density at radius 1 is 1.50 bits per heavy atom. The van der Waals surface area contributed by atoms with Gasteiger partial charge in [-0.2, -0.15) is 11.8 Å². The maximum atomic E-state index is 12.1. The number of likely N-dealkylation sites (tertiary alicyclic amines) is 1. The predicted molar refractivity (Wildman–Crippen MR) is 80.0 cm³/mol. The zero-order valence-corrected chi connectivity index (χ0v) is 13.0. The maximum absolute atomic E-state index is 12.1. The first-order chi connectivity index (χ1) is 9.45. The number of carboxylic acid groups (broad SMARTS) is 1.